The highest BCUT2D eigenvalue weighted by molar-refractivity contribution is 5.02. The number of rotatable bonds is 1. The summed E-state index contributed by atoms with van der Waals surface area (Å²) in [6.07, 6.45) is 8.64. The number of fused-ring (bicyclic) bond motifs is 2. The van der Waals surface area contributed by atoms with Gasteiger partial charge in [0.15, 0.2) is 0 Å². The molecule has 1 saturated carbocycles. The average molecular weight is 163 g/mol. The summed E-state index contributed by atoms with van der Waals surface area (Å²) in [6, 6.07) is 1.40. The van der Waals surface area contributed by atoms with E-state index in [1.165, 1.54) is 19.4 Å². The first-order valence-electron chi connectivity index (χ1n) is 4.66. The molecule has 2 fully saturated rings. The molecule has 0 radical (unpaired) electrons. The lowest BCUT2D eigenvalue weighted by Crippen LogP contribution is -2.26. The Bertz CT molecular complexity index is 247. The standard InChI is InChI=1S/C9H13N3/c1-2-8-9(7(1)5-11-8)12-4-3-10-6-12/h3-4,6-9,11H,1-2,5H2/t7-,8+,9+/m0/s1. The molecule has 3 nitrogen and oxygen atoms in total. The van der Waals surface area contributed by atoms with Crippen molar-refractivity contribution in [3.05, 3.63) is 18.7 Å². The van der Waals surface area contributed by atoms with E-state index in [4.69, 9.17) is 0 Å². The van der Waals surface area contributed by atoms with E-state index < -0.39 is 0 Å². The van der Waals surface area contributed by atoms with Gasteiger partial charge >= 0.3 is 0 Å². The van der Waals surface area contributed by atoms with E-state index in [0.717, 1.165) is 5.92 Å². The molecule has 1 aromatic rings. The SMILES string of the molecule is c1cn([C@@H]2[C@H]3CC[C@H]2NC3)cn1. The Labute approximate surface area is 71.8 Å². The van der Waals surface area contributed by atoms with Gasteiger partial charge in [-0.05, 0) is 18.8 Å². The minimum Gasteiger partial charge on any atom is -0.333 e. The molecule has 0 unspecified atom stereocenters. The summed E-state index contributed by atoms with van der Waals surface area (Å²) in [5, 5.41) is 3.55. The molecule has 1 saturated heterocycles. The van der Waals surface area contributed by atoms with Crippen molar-refractivity contribution in [2.75, 3.05) is 6.54 Å². The lowest BCUT2D eigenvalue weighted by atomic mass is 10.1. The highest BCUT2D eigenvalue weighted by Crippen LogP contribution is 2.40. The van der Waals surface area contributed by atoms with Gasteiger partial charge < -0.3 is 9.88 Å². The van der Waals surface area contributed by atoms with Crippen LogP contribution in [-0.2, 0) is 0 Å². The number of nitrogens with zero attached hydrogens (tertiary/aromatic N) is 2. The van der Waals surface area contributed by atoms with Gasteiger partial charge in [-0.15, -0.1) is 0 Å². The summed E-state index contributed by atoms with van der Waals surface area (Å²) in [4.78, 5) is 4.10. The van der Waals surface area contributed by atoms with E-state index in [9.17, 15) is 0 Å². The van der Waals surface area contributed by atoms with Gasteiger partial charge in [-0.3, -0.25) is 0 Å². The fraction of sp³-hybridized carbons (Fsp3) is 0.667. The summed E-state index contributed by atoms with van der Waals surface area (Å²) in [5.41, 5.74) is 0. The third-order valence-corrected chi connectivity index (χ3v) is 3.26. The highest BCUT2D eigenvalue weighted by Gasteiger charge is 2.42. The molecule has 0 aromatic carbocycles. The van der Waals surface area contributed by atoms with Crippen molar-refractivity contribution in [3.63, 3.8) is 0 Å². The normalized spacial score (nSPS) is 39.2. The lowest BCUT2D eigenvalue weighted by molar-refractivity contribution is 0.435. The zero-order chi connectivity index (χ0) is 7.97. The topological polar surface area (TPSA) is 29.9 Å². The van der Waals surface area contributed by atoms with Gasteiger partial charge in [-0.1, -0.05) is 0 Å². The molecule has 1 aromatic heterocycles. The van der Waals surface area contributed by atoms with Crippen molar-refractivity contribution in [2.45, 2.75) is 24.9 Å². The van der Waals surface area contributed by atoms with Crippen LogP contribution in [0.25, 0.3) is 0 Å². The van der Waals surface area contributed by atoms with Crippen LogP contribution in [0.1, 0.15) is 18.9 Å². The minimum absolute atomic E-state index is 0.687. The van der Waals surface area contributed by atoms with E-state index in [1.807, 2.05) is 12.5 Å². The zero-order valence-electron chi connectivity index (χ0n) is 6.98. The molecule has 3 rings (SSSR count). The Balaban J connectivity index is 1.94. The van der Waals surface area contributed by atoms with Gasteiger partial charge in [-0.2, -0.15) is 0 Å². The van der Waals surface area contributed by atoms with Crippen molar-refractivity contribution in [2.24, 2.45) is 5.92 Å². The van der Waals surface area contributed by atoms with E-state index in [0.29, 0.717) is 12.1 Å². The quantitative estimate of drug-likeness (QED) is 0.664. The molecule has 1 aliphatic heterocycles. The lowest BCUT2D eigenvalue weighted by Gasteiger charge is -2.15. The van der Waals surface area contributed by atoms with Gasteiger partial charge in [0, 0.05) is 25.0 Å². The molecule has 12 heavy (non-hydrogen) atoms. The maximum atomic E-state index is 4.10. The van der Waals surface area contributed by atoms with Gasteiger partial charge in [0.05, 0.1) is 12.4 Å². The van der Waals surface area contributed by atoms with Crippen LogP contribution in [-0.4, -0.2) is 22.1 Å². The molecule has 2 heterocycles. The fourth-order valence-electron chi connectivity index (χ4n) is 2.71. The number of imidazole rings is 1. The predicted molar refractivity (Wildman–Crippen MR) is 45.8 cm³/mol. The molecule has 3 heteroatoms. The Morgan fingerprint density at radius 3 is 2.92 bits per heavy atom. The van der Waals surface area contributed by atoms with Crippen molar-refractivity contribution in [1.82, 2.24) is 14.9 Å². The van der Waals surface area contributed by atoms with Crippen LogP contribution >= 0.6 is 0 Å². The molecule has 0 spiro atoms. The molecule has 1 N–H and O–H groups in total. The average Bonchev–Trinajstić information content (AvgIpc) is 2.78. The van der Waals surface area contributed by atoms with Crippen LogP contribution < -0.4 is 5.32 Å². The number of piperidine rings is 1. The third kappa shape index (κ3) is 0.771. The highest BCUT2D eigenvalue weighted by atomic mass is 15.2. The first-order chi connectivity index (χ1) is 5.95. The van der Waals surface area contributed by atoms with Crippen LogP contribution in [0.5, 0.6) is 0 Å². The molecule has 2 aliphatic rings. The molecule has 64 valence electrons. The number of nitrogens with one attached hydrogen (secondary N) is 1. The second-order valence-corrected chi connectivity index (χ2v) is 3.85. The first kappa shape index (κ1) is 6.66. The predicted octanol–water partition coefficient (Wildman–Crippen LogP) is 0.806. The van der Waals surface area contributed by atoms with Crippen LogP contribution in [0.4, 0.5) is 0 Å². The molecule has 0 amide bonds. The Morgan fingerprint density at radius 1 is 1.42 bits per heavy atom. The first-order valence-corrected chi connectivity index (χ1v) is 4.66. The van der Waals surface area contributed by atoms with Crippen molar-refractivity contribution >= 4 is 0 Å². The molecular formula is C9H13N3. The zero-order valence-corrected chi connectivity index (χ0v) is 6.98. The van der Waals surface area contributed by atoms with E-state index in [-0.39, 0.29) is 0 Å². The summed E-state index contributed by atoms with van der Waals surface area (Å²) < 4.78 is 2.27. The smallest absolute Gasteiger partial charge is 0.0949 e. The largest absolute Gasteiger partial charge is 0.333 e. The maximum absolute atomic E-state index is 4.10. The molecule has 1 aliphatic carbocycles. The second kappa shape index (κ2) is 2.33. The Morgan fingerprint density at radius 2 is 2.42 bits per heavy atom. The van der Waals surface area contributed by atoms with Crippen LogP contribution in [0.3, 0.4) is 0 Å². The van der Waals surface area contributed by atoms with E-state index in [1.54, 1.807) is 0 Å². The number of hydrogen-bond donors (Lipinski definition) is 1. The third-order valence-electron chi connectivity index (χ3n) is 3.26. The van der Waals surface area contributed by atoms with E-state index >= 15 is 0 Å². The summed E-state index contributed by atoms with van der Waals surface area (Å²) in [7, 11) is 0. The monoisotopic (exact) mass is 163 g/mol. The maximum Gasteiger partial charge on any atom is 0.0949 e. The van der Waals surface area contributed by atoms with Crippen LogP contribution in [0.2, 0.25) is 0 Å². The van der Waals surface area contributed by atoms with Gasteiger partial charge in [0.2, 0.25) is 0 Å². The van der Waals surface area contributed by atoms with Crippen LogP contribution in [0, 0.1) is 5.92 Å². The van der Waals surface area contributed by atoms with Crippen LogP contribution in [0.15, 0.2) is 18.7 Å². The van der Waals surface area contributed by atoms with Gasteiger partial charge in [-0.25, -0.2) is 4.98 Å². The molecule has 3 atom stereocenters. The second-order valence-electron chi connectivity index (χ2n) is 3.85. The summed E-state index contributed by atoms with van der Waals surface area (Å²) in [6.45, 7) is 1.20. The number of aromatic nitrogens is 2. The minimum atomic E-state index is 0.687. The van der Waals surface area contributed by atoms with Crippen molar-refractivity contribution in [1.29, 1.82) is 0 Å². The van der Waals surface area contributed by atoms with Crippen molar-refractivity contribution in [3.8, 4) is 0 Å². The Hall–Kier alpha value is -0.830. The fourth-order valence-corrected chi connectivity index (χ4v) is 2.71. The summed E-state index contributed by atoms with van der Waals surface area (Å²) >= 11 is 0. The van der Waals surface area contributed by atoms with Crippen molar-refractivity contribution < 1.29 is 0 Å². The summed E-state index contributed by atoms with van der Waals surface area (Å²) in [5.74, 6) is 0.851. The number of hydrogen-bond acceptors (Lipinski definition) is 2. The molecule has 2 bridgehead atoms. The van der Waals surface area contributed by atoms with Gasteiger partial charge in [0.25, 0.3) is 0 Å². The molecular weight excluding hydrogens is 150 g/mol. The Kier molecular flexibility index (Phi) is 1.29. The van der Waals surface area contributed by atoms with E-state index in [2.05, 4.69) is 21.1 Å². The van der Waals surface area contributed by atoms with Gasteiger partial charge in [0.1, 0.15) is 0 Å².